The zero-order chi connectivity index (χ0) is 26.8. The summed E-state index contributed by atoms with van der Waals surface area (Å²) in [4.78, 5) is 4.50. The fraction of sp³-hybridized carbons (Fsp3) is 0.519. The van der Waals surface area contributed by atoms with Crippen molar-refractivity contribution in [3.05, 3.63) is 59.7 Å². The number of rotatable bonds is 7. The number of likely N-dealkylation sites (tertiary alicyclic amines) is 1. The molecule has 0 aliphatic carbocycles. The summed E-state index contributed by atoms with van der Waals surface area (Å²) in [5.41, 5.74) is 1.95. The lowest BCUT2D eigenvalue weighted by Crippen LogP contribution is -2.50. The number of sulfonamides is 2. The summed E-state index contributed by atoms with van der Waals surface area (Å²) >= 11 is 0. The second-order valence-corrected chi connectivity index (χ2v) is 13.9. The van der Waals surface area contributed by atoms with E-state index in [0.29, 0.717) is 18.9 Å². The van der Waals surface area contributed by atoms with Gasteiger partial charge in [0.1, 0.15) is 5.84 Å². The Kier molecular flexibility index (Phi) is 8.42. The number of piperidine rings is 1. The molecule has 37 heavy (non-hydrogen) atoms. The van der Waals surface area contributed by atoms with Crippen molar-refractivity contribution in [1.82, 2.24) is 14.1 Å². The van der Waals surface area contributed by atoms with Crippen LogP contribution in [-0.4, -0.2) is 75.7 Å². The van der Waals surface area contributed by atoms with Gasteiger partial charge in [-0.1, -0.05) is 55.7 Å². The van der Waals surface area contributed by atoms with E-state index >= 15 is 0 Å². The Hall–Kier alpha value is -2.27. The number of aryl methyl sites for hydroxylation is 2. The molecule has 0 aromatic heterocycles. The van der Waals surface area contributed by atoms with Gasteiger partial charge in [0, 0.05) is 13.1 Å². The predicted molar refractivity (Wildman–Crippen MR) is 146 cm³/mol. The Morgan fingerprint density at radius 2 is 1.35 bits per heavy atom. The van der Waals surface area contributed by atoms with Gasteiger partial charge in [0.15, 0.2) is 0 Å². The molecule has 2 aromatic carbocycles. The third-order valence-corrected chi connectivity index (χ3v) is 10.3. The lowest BCUT2D eigenvalue weighted by Gasteiger charge is -2.36. The molecule has 2 aliphatic rings. The first kappa shape index (κ1) is 27.8. The maximum atomic E-state index is 13.7. The minimum atomic E-state index is -3.97. The van der Waals surface area contributed by atoms with Crippen LogP contribution < -0.4 is 0 Å². The van der Waals surface area contributed by atoms with Crippen LogP contribution in [-0.2, 0) is 20.0 Å². The van der Waals surface area contributed by atoms with Crippen LogP contribution in [0.2, 0.25) is 0 Å². The molecular weight excluding hydrogens is 508 g/mol. The molecule has 0 N–H and O–H groups in total. The van der Waals surface area contributed by atoms with Crippen molar-refractivity contribution in [2.24, 2.45) is 10.3 Å². The third kappa shape index (κ3) is 6.25. The van der Waals surface area contributed by atoms with Crippen molar-refractivity contribution in [2.75, 3.05) is 32.7 Å². The predicted octanol–water partition coefficient (Wildman–Crippen LogP) is 3.87. The van der Waals surface area contributed by atoms with Crippen LogP contribution in [0.5, 0.6) is 0 Å². The van der Waals surface area contributed by atoms with Gasteiger partial charge < -0.3 is 4.90 Å². The summed E-state index contributed by atoms with van der Waals surface area (Å²) in [6.45, 7) is 10.5. The molecule has 2 saturated heterocycles. The monoisotopic (exact) mass is 546 g/mol. The minimum Gasteiger partial charge on any atom is -0.340 e. The van der Waals surface area contributed by atoms with Gasteiger partial charge in [0.2, 0.25) is 10.0 Å². The van der Waals surface area contributed by atoms with E-state index in [1.807, 2.05) is 32.6 Å². The molecule has 0 radical (unpaired) electrons. The van der Waals surface area contributed by atoms with Gasteiger partial charge in [-0.2, -0.15) is 12.7 Å². The van der Waals surface area contributed by atoms with E-state index in [4.69, 9.17) is 0 Å². The molecule has 2 fully saturated rings. The zero-order valence-corrected chi connectivity index (χ0v) is 23.8. The van der Waals surface area contributed by atoms with Crippen LogP contribution in [0.4, 0.5) is 0 Å². The lowest BCUT2D eigenvalue weighted by molar-refractivity contribution is 0.197. The SMILES string of the molecule is Cc1ccc(S(=O)(=O)/N=C(/CN2CCCCC2)N2CCN(S(=O)(=O)c3ccc(C)cc3)C2C(C)C)cc1. The minimum absolute atomic E-state index is 0.0867. The highest BCUT2D eigenvalue weighted by Gasteiger charge is 2.43. The molecular formula is C27H38N4O4S2. The van der Waals surface area contributed by atoms with Crippen LogP contribution in [0.15, 0.2) is 62.7 Å². The molecule has 2 heterocycles. The Morgan fingerprint density at radius 1 is 0.811 bits per heavy atom. The van der Waals surface area contributed by atoms with Crippen molar-refractivity contribution in [2.45, 2.75) is 62.9 Å². The van der Waals surface area contributed by atoms with Crippen LogP contribution >= 0.6 is 0 Å². The Morgan fingerprint density at radius 3 is 1.89 bits per heavy atom. The molecule has 4 rings (SSSR count). The molecule has 2 aliphatic heterocycles. The smallest absolute Gasteiger partial charge is 0.283 e. The summed E-state index contributed by atoms with van der Waals surface area (Å²) < 4.78 is 60.0. The van der Waals surface area contributed by atoms with Gasteiger partial charge in [-0.15, -0.1) is 4.40 Å². The summed E-state index contributed by atoms with van der Waals surface area (Å²) in [5.74, 6) is 0.319. The molecule has 8 nitrogen and oxygen atoms in total. The number of nitrogens with zero attached hydrogens (tertiary/aromatic N) is 4. The molecule has 0 saturated carbocycles. The van der Waals surface area contributed by atoms with Gasteiger partial charge in [0.25, 0.3) is 10.0 Å². The normalized spacial score (nSPS) is 20.6. The largest absolute Gasteiger partial charge is 0.340 e. The van der Waals surface area contributed by atoms with Crippen LogP contribution in [0.1, 0.15) is 44.2 Å². The summed E-state index contributed by atoms with van der Waals surface area (Å²) in [7, 11) is -7.75. The Labute approximate surface area is 222 Å². The third-order valence-electron chi connectivity index (χ3n) is 7.09. The maximum Gasteiger partial charge on any atom is 0.283 e. The van der Waals surface area contributed by atoms with Crippen molar-refractivity contribution >= 4 is 25.9 Å². The summed E-state index contributed by atoms with van der Waals surface area (Å²) in [6.07, 6.45) is 2.73. The zero-order valence-electron chi connectivity index (χ0n) is 22.2. The van der Waals surface area contributed by atoms with E-state index < -0.39 is 26.2 Å². The molecule has 0 spiro atoms. The highest BCUT2D eigenvalue weighted by molar-refractivity contribution is 7.90. The van der Waals surface area contributed by atoms with Crippen LogP contribution in [0.3, 0.4) is 0 Å². The Balaban J connectivity index is 1.73. The Bertz CT molecular complexity index is 1320. The van der Waals surface area contributed by atoms with E-state index in [2.05, 4.69) is 9.30 Å². The first-order valence-corrected chi connectivity index (χ1v) is 15.8. The highest BCUT2D eigenvalue weighted by Crippen LogP contribution is 2.30. The van der Waals surface area contributed by atoms with Gasteiger partial charge in [-0.3, -0.25) is 4.90 Å². The maximum absolute atomic E-state index is 13.7. The van der Waals surface area contributed by atoms with Gasteiger partial charge >= 0.3 is 0 Å². The fourth-order valence-electron chi connectivity index (χ4n) is 5.10. The van der Waals surface area contributed by atoms with Crippen molar-refractivity contribution in [3.63, 3.8) is 0 Å². The average Bonchev–Trinajstić information content (AvgIpc) is 3.31. The molecule has 10 heteroatoms. The molecule has 2 aromatic rings. The van der Waals surface area contributed by atoms with Gasteiger partial charge in [-0.25, -0.2) is 8.42 Å². The quantitative estimate of drug-likeness (QED) is 0.387. The first-order valence-electron chi connectivity index (χ1n) is 13.0. The summed E-state index contributed by atoms with van der Waals surface area (Å²) in [5, 5.41) is 0. The van der Waals surface area contributed by atoms with E-state index in [1.54, 1.807) is 48.5 Å². The second kappa shape index (κ2) is 11.2. The van der Waals surface area contributed by atoms with Gasteiger partial charge in [0.05, 0.1) is 22.5 Å². The fourth-order valence-corrected chi connectivity index (χ4v) is 7.84. The average molecular weight is 547 g/mol. The lowest BCUT2D eigenvalue weighted by atomic mass is 10.1. The number of benzene rings is 2. The molecule has 0 bridgehead atoms. The van der Waals surface area contributed by atoms with E-state index in [9.17, 15) is 16.8 Å². The van der Waals surface area contributed by atoms with E-state index in [1.165, 1.54) is 4.31 Å². The number of hydrogen-bond donors (Lipinski definition) is 0. The summed E-state index contributed by atoms with van der Waals surface area (Å²) in [6, 6.07) is 13.5. The van der Waals surface area contributed by atoms with E-state index in [0.717, 1.165) is 43.5 Å². The molecule has 1 unspecified atom stereocenters. The van der Waals surface area contributed by atoms with Crippen LogP contribution in [0, 0.1) is 19.8 Å². The first-order chi connectivity index (χ1) is 17.5. The number of hydrogen-bond acceptors (Lipinski definition) is 5. The van der Waals surface area contributed by atoms with Crippen LogP contribution in [0.25, 0.3) is 0 Å². The molecule has 202 valence electrons. The standard InChI is InChI=1S/C27H38N4O4S2/c1-21(2)27-30(18-19-31(27)37(34,35)25-14-10-23(4)11-15-25)26(20-29-16-6-5-7-17-29)28-36(32,33)24-12-8-22(3)9-13-24/h8-15,21,27H,5-7,16-20H2,1-4H3/b28-26-. The number of amidine groups is 1. The topological polar surface area (TPSA) is 90.4 Å². The second-order valence-electron chi connectivity index (χ2n) is 10.4. The molecule has 1 atom stereocenters. The highest BCUT2D eigenvalue weighted by atomic mass is 32.2. The van der Waals surface area contributed by atoms with Gasteiger partial charge in [-0.05, 0) is 70.0 Å². The van der Waals surface area contributed by atoms with Crippen molar-refractivity contribution < 1.29 is 16.8 Å². The van der Waals surface area contributed by atoms with E-state index in [-0.39, 0.29) is 22.3 Å². The van der Waals surface area contributed by atoms with Crippen molar-refractivity contribution in [3.8, 4) is 0 Å². The van der Waals surface area contributed by atoms with Crippen molar-refractivity contribution in [1.29, 1.82) is 0 Å². The molecule has 0 amide bonds.